The van der Waals surface area contributed by atoms with Gasteiger partial charge in [-0.3, -0.25) is 0 Å². The third-order valence-corrected chi connectivity index (χ3v) is 5.07. The Balaban J connectivity index is 3.08. The summed E-state index contributed by atoms with van der Waals surface area (Å²) in [6.45, 7) is 6.02. The molecule has 1 heterocycles. The van der Waals surface area contributed by atoms with Crippen molar-refractivity contribution < 1.29 is 8.42 Å². The molecule has 6 nitrogen and oxygen atoms in total. The fraction of sp³-hybridized carbons (Fsp3) is 0.727. The fourth-order valence-corrected chi connectivity index (χ4v) is 3.52. The summed E-state index contributed by atoms with van der Waals surface area (Å²) in [5, 5.41) is 0.0561. The van der Waals surface area contributed by atoms with Gasteiger partial charge in [-0.05, 0) is 19.3 Å². The van der Waals surface area contributed by atoms with E-state index in [4.69, 9.17) is 5.73 Å². The van der Waals surface area contributed by atoms with Crippen molar-refractivity contribution >= 4 is 15.8 Å². The average molecular weight is 274 g/mol. The van der Waals surface area contributed by atoms with E-state index in [2.05, 4.69) is 18.8 Å². The molecule has 0 saturated carbocycles. The van der Waals surface area contributed by atoms with Crippen molar-refractivity contribution in [3.63, 3.8) is 0 Å². The van der Waals surface area contributed by atoms with Crippen LogP contribution in [-0.4, -0.2) is 35.4 Å². The van der Waals surface area contributed by atoms with Crippen LogP contribution < -0.4 is 5.73 Å². The molecule has 0 radical (unpaired) electrons. The second-order valence-electron chi connectivity index (χ2n) is 5.05. The monoisotopic (exact) mass is 274 g/mol. The number of rotatable bonds is 5. The average Bonchev–Trinajstić information content (AvgIpc) is 2.56. The molecular weight excluding hydrogens is 252 g/mol. The normalized spacial score (nSPS) is 14.4. The second kappa shape index (κ2) is 5.27. The van der Waals surface area contributed by atoms with Crippen molar-refractivity contribution in [3.8, 4) is 0 Å². The molecule has 2 N–H and O–H groups in total. The Hall–Kier alpha value is -1.08. The van der Waals surface area contributed by atoms with E-state index in [-0.39, 0.29) is 16.9 Å². The summed E-state index contributed by atoms with van der Waals surface area (Å²) in [6, 6.07) is -0.0794. The van der Waals surface area contributed by atoms with Crippen LogP contribution in [0.4, 0.5) is 5.82 Å². The second-order valence-corrected chi connectivity index (χ2v) is 6.96. The number of aryl methyl sites for hydroxylation is 1. The van der Waals surface area contributed by atoms with Crippen molar-refractivity contribution in [1.82, 2.24) is 13.9 Å². The lowest BCUT2D eigenvalue weighted by Gasteiger charge is -2.25. The standard InChI is InChI=1S/C11H22N4O2S/c1-8(2)6-9(3)15(5)18(16,17)11-10(12)13-7-14(11)4/h7-9H,6,12H2,1-5H3. The summed E-state index contributed by atoms with van der Waals surface area (Å²) >= 11 is 0. The van der Waals surface area contributed by atoms with Gasteiger partial charge in [-0.2, -0.15) is 4.31 Å². The fourth-order valence-electron chi connectivity index (χ4n) is 1.96. The number of nitrogens with zero attached hydrogens (tertiary/aromatic N) is 3. The van der Waals surface area contributed by atoms with E-state index in [9.17, 15) is 8.42 Å². The Morgan fingerprint density at radius 3 is 2.39 bits per heavy atom. The van der Waals surface area contributed by atoms with Crippen molar-refractivity contribution in [2.24, 2.45) is 13.0 Å². The van der Waals surface area contributed by atoms with Gasteiger partial charge in [0, 0.05) is 20.1 Å². The number of nitrogens with two attached hydrogens (primary N) is 1. The van der Waals surface area contributed by atoms with Crippen LogP contribution in [-0.2, 0) is 17.1 Å². The first-order valence-corrected chi connectivity index (χ1v) is 7.36. The van der Waals surface area contributed by atoms with Gasteiger partial charge in [-0.25, -0.2) is 13.4 Å². The van der Waals surface area contributed by atoms with E-state index < -0.39 is 10.0 Å². The number of aromatic nitrogens is 2. The third-order valence-electron chi connectivity index (χ3n) is 2.97. The molecule has 18 heavy (non-hydrogen) atoms. The highest BCUT2D eigenvalue weighted by Gasteiger charge is 2.30. The summed E-state index contributed by atoms with van der Waals surface area (Å²) in [4.78, 5) is 3.82. The molecule has 0 amide bonds. The van der Waals surface area contributed by atoms with Crippen LogP contribution in [0.1, 0.15) is 27.2 Å². The molecule has 0 aliphatic rings. The van der Waals surface area contributed by atoms with Gasteiger partial charge in [0.05, 0.1) is 6.33 Å². The topological polar surface area (TPSA) is 81.2 Å². The smallest absolute Gasteiger partial charge is 0.262 e. The van der Waals surface area contributed by atoms with Crippen LogP contribution in [0.2, 0.25) is 0 Å². The van der Waals surface area contributed by atoms with Gasteiger partial charge in [-0.1, -0.05) is 13.8 Å². The summed E-state index contributed by atoms with van der Waals surface area (Å²) in [5.41, 5.74) is 5.63. The zero-order chi connectivity index (χ0) is 14.1. The highest BCUT2D eigenvalue weighted by atomic mass is 32.2. The van der Waals surface area contributed by atoms with Gasteiger partial charge in [-0.15, -0.1) is 0 Å². The summed E-state index contributed by atoms with van der Waals surface area (Å²) in [6.07, 6.45) is 2.21. The predicted octanol–water partition coefficient (Wildman–Crippen LogP) is 1.06. The molecule has 1 aromatic heterocycles. The zero-order valence-corrected chi connectivity index (χ0v) is 12.4. The number of imidazole rings is 1. The minimum absolute atomic E-state index is 0.0427. The maximum Gasteiger partial charge on any atom is 0.262 e. The van der Waals surface area contributed by atoms with Gasteiger partial charge in [0.25, 0.3) is 10.0 Å². The van der Waals surface area contributed by atoms with Crippen LogP contribution in [0.15, 0.2) is 11.4 Å². The van der Waals surface area contributed by atoms with Gasteiger partial charge in [0.2, 0.25) is 0 Å². The minimum Gasteiger partial charge on any atom is -0.381 e. The molecule has 0 saturated heterocycles. The lowest BCUT2D eigenvalue weighted by atomic mass is 10.1. The van der Waals surface area contributed by atoms with E-state index >= 15 is 0 Å². The van der Waals surface area contributed by atoms with Crippen molar-refractivity contribution in [2.45, 2.75) is 38.3 Å². The molecule has 0 spiro atoms. The predicted molar refractivity (Wildman–Crippen MR) is 71.5 cm³/mol. The molecule has 1 rings (SSSR count). The van der Waals surface area contributed by atoms with Crippen LogP contribution in [0.3, 0.4) is 0 Å². The largest absolute Gasteiger partial charge is 0.381 e. The van der Waals surface area contributed by atoms with Crippen molar-refractivity contribution in [2.75, 3.05) is 12.8 Å². The Labute approximate surface area is 109 Å². The molecule has 0 aromatic carbocycles. The van der Waals surface area contributed by atoms with E-state index in [1.54, 1.807) is 14.1 Å². The zero-order valence-electron chi connectivity index (χ0n) is 11.6. The number of anilines is 1. The third kappa shape index (κ3) is 2.84. The van der Waals surface area contributed by atoms with Crippen LogP contribution in [0.25, 0.3) is 0 Å². The molecular formula is C11H22N4O2S. The van der Waals surface area contributed by atoms with Crippen molar-refractivity contribution in [3.05, 3.63) is 6.33 Å². The Bertz CT molecular complexity index is 488. The highest BCUT2D eigenvalue weighted by Crippen LogP contribution is 2.23. The summed E-state index contributed by atoms with van der Waals surface area (Å²) in [7, 11) is -0.393. The number of nitrogen functional groups attached to an aromatic ring is 1. The van der Waals surface area contributed by atoms with Crippen LogP contribution in [0, 0.1) is 5.92 Å². The summed E-state index contributed by atoms with van der Waals surface area (Å²) in [5.74, 6) is 0.475. The molecule has 0 fully saturated rings. The first-order chi connectivity index (χ1) is 8.17. The summed E-state index contributed by atoms with van der Waals surface area (Å²) < 4.78 is 27.7. The van der Waals surface area contributed by atoms with E-state index in [0.717, 1.165) is 6.42 Å². The minimum atomic E-state index is -3.59. The Morgan fingerprint density at radius 2 is 2.00 bits per heavy atom. The van der Waals surface area contributed by atoms with E-state index in [1.807, 2.05) is 6.92 Å². The first kappa shape index (κ1) is 15.0. The lowest BCUT2D eigenvalue weighted by Crippen LogP contribution is -2.37. The molecule has 0 aliphatic carbocycles. The molecule has 104 valence electrons. The lowest BCUT2D eigenvalue weighted by molar-refractivity contribution is 0.336. The van der Waals surface area contributed by atoms with Crippen LogP contribution in [0.5, 0.6) is 0 Å². The molecule has 1 unspecified atom stereocenters. The molecule has 0 bridgehead atoms. The molecule has 0 aliphatic heterocycles. The van der Waals surface area contributed by atoms with Gasteiger partial charge < -0.3 is 10.3 Å². The highest BCUT2D eigenvalue weighted by molar-refractivity contribution is 7.89. The first-order valence-electron chi connectivity index (χ1n) is 5.92. The SMILES string of the molecule is CC(C)CC(C)N(C)S(=O)(=O)c1c(N)ncn1C. The van der Waals surface area contributed by atoms with Crippen LogP contribution >= 0.6 is 0 Å². The Kier molecular flexibility index (Phi) is 4.39. The Morgan fingerprint density at radius 1 is 1.44 bits per heavy atom. The van der Waals surface area contributed by atoms with Crippen molar-refractivity contribution in [1.29, 1.82) is 0 Å². The maximum atomic E-state index is 12.4. The quantitative estimate of drug-likeness (QED) is 0.870. The number of sulfonamides is 1. The van der Waals surface area contributed by atoms with Gasteiger partial charge in [0.1, 0.15) is 0 Å². The number of hydrogen-bond donors (Lipinski definition) is 1. The number of hydrogen-bond acceptors (Lipinski definition) is 4. The van der Waals surface area contributed by atoms with Gasteiger partial charge in [0.15, 0.2) is 10.8 Å². The molecule has 1 atom stereocenters. The molecule has 1 aromatic rings. The molecule has 7 heteroatoms. The van der Waals surface area contributed by atoms with E-state index in [0.29, 0.717) is 5.92 Å². The van der Waals surface area contributed by atoms with E-state index in [1.165, 1.54) is 15.2 Å². The maximum absolute atomic E-state index is 12.4. The van der Waals surface area contributed by atoms with Gasteiger partial charge >= 0.3 is 0 Å².